The van der Waals surface area contributed by atoms with Crippen molar-refractivity contribution < 1.29 is 4.79 Å². The lowest BCUT2D eigenvalue weighted by Crippen LogP contribution is -2.05. The van der Waals surface area contributed by atoms with Crippen molar-refractivity contribution in [2.24, 2.45) is 0 Å². The minimum Gasteiger partial charge on any atom is -0.358 e. The highest BCUT2D eigenvalue weighted by Gasteiger charge is 2.15. The van der Waals surface area contributed by atoms with Crippen LogP contribution in [-0.4, -0.2) is 10.8 Å². The van der Waals surface area contributed by atoms with E-state index in [0.717, 1.165) is 22.3 Å². The zero-order valence-corrected chi connectivity index (χ0v) is 12.4. The van der Waals surface area contributed by atoms with E-state index in [2.05, 4.69) is 30.1 Å². The third-order valence-electron chi connectivity index (χ3n) is 3.91. The first-order valence-electron chi connectivity index (χ1n) is 7.31. The lowest BCUT2D eigenvalue weighted by molar-refractivity contribution is 0.0975. The lowest BCUT2D eigenvalue weighted by atomic mass is 9.96. The van der Waals surface area contributed by atoms with Gasteiger partial charge in [0, 0.05) is 29.1 Å². The fourth-order valence-corrected chi connectivity index (χ4v) is 2.69. The van der Waals surface area contributed by atoms with Crippen LogP contribution in [-0.2, 0) is 0 Å². The van der Waals surface area contributed by atoms with Crippen LogP contribution in [0.4, 0.5) is 0 Å². The SMILES string of the molecule is Cc1cccc(C(=O)C[C@@H](C)c2cc3ccccc3[nH]2)c1. The third kappa shape index (κ3) is 2.89. The molecule has 0 spiro atoms. The summed E-state index contributed by atoms with van der Waals surface area (Å²) in [6.45, 7) is 4.11. The number of ketones is 1. The van der Waals surface area contributed by atoms with Gasteiger partial charge in [0.05, 0.1) is 0 Å². The second kappa shape index (κ2) is 5.57. The maximum atomic E-state index is 12.4. The van der Waals surface area contributed by atoms with Gasteiger partial charge >= 0.3 is 0 Å². The fourth-order valence-electron chi connectivity index (χ4n) is 2.69. The molecule has 3 rings (SSSR count). The normalized spacial score (nSPS) is 12.5. The van der Waals surface area contributed by atoms with Crippen molar-refractivity contribution in [3.63, 3.8) is 0 Å². The van der Waals surface area contributed by atoms with Gasteiger partial charge in [0.15, 0.2) is 5.78 Å². The second-order valence-corrected chi connectivity index (χ2v) is 5.71. The van der Waals surface area contributed by atoms with Crippen molar-refractivity contribution in [2.45, 2.75) is 26.2 Å². The molecule has 3 aromatic rings. The van der Waals surface area contributed by atoms with Crippen molar-refractivity contribution in [1.29, 1.82) is 0 Å². The van der Waals surface area contributed by atoms with Gasteiger partial charge in [0.1, 0.15) is 0 Å². The number of aromatic nitrogens is 1. The Morgan fingerprint density at radius 3 is 2.67 bits per heavy atom. The van der Waals surface area contributed by atoms with E-state index in [1.807, 2.05) is 43.3 Å². The Hall–Kier alpha value is -2.35. The predicted octanol–water partition coefficient (Wildman–Crippen LogP) is 4.85. The number of carbonyl (C=O) groups excluding carboxylic acids is 1. The Balaban J connectivity index is 1.79. The summed E-state index contributed by atoms with van der Waals surface area (Å²) in [7, 11) is 0. The number of hydrogen-bond donors (Lipinski definition) is 1. The molecule has 1 aromatic heterocycles. The number of fused-ring (bicyclic) bond motifs is 1. The zero-order chi connectivity index (χ0) is 14.8. The first-order chi connectivity index (χ1) is 10.1. The van der Waals surface area contributed by atoms with Crippen LogP contribution in [0.1, 0.15) is 40.9 Å². The average Bonchev–Trinajstić information content (AvgIpc) is 2.91. The molecular formula is C19H19NO. The smallest absolute Gasteiger partial charge is 0.163 e. The van der Waals surface area contributed by atoms with Crippen LogP contribution >= 0.6 is 0 Å². The van der Waals surface area contributed by atoms with Crippen molar-refractivity contribution >= 4 is 16.7 Å². The average molecular weight is 277 g/mol. The quantitative estimate of drug-likeness (QED) is 0.679. The summed E-state index contributed by atoms with van der Waals surface area (Å²) in [6, 6.07) is 18.1. The number of H-pyrrole nitrogens is 1. The molecule has 0 fully saturated rings. The first kappa shape index (κ1) is 13.6. The van der Waals surface area contributed by atoms with Gasteiger partial charge in [-0.15, -0.1) is 0 Å². The molecule has 0 bridgehead atoms. The predicted molar refractivity (Wildman–Crippen MR) is 86.8 cm³/mol. The summed E-state index contributed by atoms with van der Waals surface area (Å²) in [6.07, 6.45) is 0.524. The molecule has 2 aromatic carbocycles. The molecule has 1 atom stereocenters. The molecule has 0 aliphatic heterocycles. The number of hydrogen-bond acceptors (Lipinski definition) is 1. The molecule has 21 heavy (non-hydrogen) atoms. The number of aryl methyl sites for hydroxylation is 1. The van der Waals surface area contributed by atoms with Crippen LogP contribution in [0.25, 0.3) is 10.9 Å². The first-order valence-corrected chi connectivity index (χ1v) is 7.31. The van der Waals surface area contributed by atoms with E-state index in [1.54, 1.807) is 0 Å². The van der Waals surface area contributed by atoms with Crippen molar-refractivity contribution in [3.8, 4) is 0 Å². The molecule has 0 radical (unpaired) electrons. The van der Waals surface area contributed by atoms with E-state index < -0.39 is 0 Å². The van der Waals surface area contributed by atoms with Crippen LogP contribution in [0.5, 0.6) is 0 Å². The molecule has 1 N–H and O–H groups in total. The van der Waals surface area contributed by atoms with E-state index in [0.29, 0.717) is 6.42 Å². The summed E-state index contributed by atoms with van der Waals surface area (Å²) in [5.74, 6) is 0.385. The minimum atomic E-state index is 0.186. The summed E-state index contributed by atoms with van der Waals surface area (Å²) < 4.78 is 0. The molecule has 0 aliphatic rings. The third-order valence-corrected chi connectivity index (χ3v) is 3.91. The topological polar surface area (TPSA) is 32.9 Å². The monoisotopic (exact) mass is 277 g/mol. The lowest BCUT2D eigenvalue weighted by Gasteiger charge is -2.09. The standard InChI is InChI=1S/C19H19NO/c1-13-6-5-8-16(10-13)19(21)11-14(2)18-12-15-7-3-4-9-17(15)20-18/h3-10,12,14,20H,11H2,1-2H3/t14-/m1/s1. The van der Waals surface area contributed by atoms with E-state index in [4.69, 9.17) is 0 Å². The van der Waals surface area contributed by atoms with E-state index >= 15 is 0 Å². The van der Waals surface area contributed by atoms with Gasteiger partial charge in [-0.1, -0.05) is 48.9 Å². The molecule has 1 heterocycles. The summed E-state index contributed by atoms with van der Waals surface area (Å²) in [4.78, 5) is 15.8. The van der Waals surface area contributed by atoms with Crippen LogP contribution in [0, 0.1) is 6.92 Å². The number of rotatable bonds is 4. The Morgan fingerprint density at radius 1 is 1.10 bits per heavy atom. The highest BCUT2D eigenvalue weighted by atomic mass is 16.1. The number of carbonyl (C=O) groups is 1. The highest BCUT2D eigenvalue weighted by molar-refractivity contribution is 5.96. The fraction of sp³-hybridized carbons (Fsp3) is 0.211. The molecular weight excluding hydrogens is 258 g/mol. The molecule has 0 amide bonds. The van der Waals surface area contributed by atoms with Gasteiger partial charge in [-0.2, -0.15) is 0 Å². The van der Waals surface area contributed by atoms with Crippen LogP contribution in [0.15, 0.2) is 54.6 Å². The molecule has 0 unspecified atom stereocenters. The van der Waals surface area contributed by atoms with E-state index in [9.17, 15) is 4.79 Å². The van der Waals surface area contributed by atoms with Crippen molar-refractivity contribution in [2.75, 3.05) is 0 Å². The Morgan fingerprint density at radius 2 is 1.90 bits per heavy atom. The number of aromatic amines is 1. The van der Waals surface area contributed by atoms with E-state index in [1.165, 1.54) is 5.39 Å². The molecule has 2 heteroatoms. The Bertz CT molecular complexity index is 752. The summed E-state index contributed by atoms with van der Waals surface area (Å²) in [5.41, 5.74) is 4.18. The molecule has 106 valence electrons. The number of nitrogens with one attached hydrogen (secondary N) is 1. The van der Waals surface area contributed by atoms with Gasteiger partial charge < -0.3 is 4.98 Å². The molecule has 0 saturated carbocycles. The zero-order valence-electron chi connectivity index (χ0n) is 12.4. The van der Waals surface area contributed by atoms with Gasteiger partial charge in [-0.25, -0.2) is 0 Å². The largest absolute Gasteiger partial charge is 0.358 e. The van der Waals surface area contributed by atoms with E-state index in [-0.39, 0.29) is 11.7 Å². The van der Waals surface area contributed by atoms with Crippen LogP contribution in [0.3, 0.4) is 0 Å². The number of para-hydroxylation sites is 1. The van der Waals surface area contributed by atoms with Gasteiger partial charge in [0.25, 0.3) is 0 Å². The molecule has 0 aliphatic carbocycles. The second-order valence-electron chi connectivity index (χ2n) is 5.71. The maximum Gasteiger partial charge on any atom is 0.163 e. The number of benzene rings is 2. The van der Waals surface area contributed by atoms with Crippen molar-refractivity contribution in [1.82, 2.24) is 4.98 Å². The van der Waals surface area contributed by atoms with Gasteiger partial charge in [-0.05, 0) is 30.5 Å². The Labute approximate surface area is 124 Å². The summed E-state index contributed by atoms with van der Waals surface area (Å²) in [5, 5.41) is 1.20. The molecule has 0 saturated heterocycles. The van der Waals surface area contributed by atoms with Crippen LogP contribution < -0.4 is 0 Å². The van der Waals surface area contributed by atoms with Gasteiger partial charge in [-0.3, -0.25) is 4.79 Å². The summed E-state index contributed by atoms with van der Waals surface area (Å²) >= 11 is 0. The van der Waals surface area contributed by atoms with Gasteiger partial charge in [0.2, 0.25) is 0 Å². The molecule has 2 nitrogen and oxygen atoms in total. The van der Waals surface area contributed by atoms with Crippen molar-refractivity contribution in [3.05, 3.63) is 71.4 Å². The number of Topliss-reactive ketones (excluding diaryl/α,β-unsaturated/α-hetero) is 1. The highest BCUT2D eigenvalue weighted by Crippen LogP contribution is 2.24. The Kier molecular flexibility index (Phi) is 3.61. The minimum absolute atomic E-state index is 0.186. The maximum absolute atomic E-state index is 12.4. The van der Waals surface area contributed by atoms with Crippen LogP contribution in [0.2, 0.25) is 0 Å².